The summed E-state index contributed by atoms with van der Waals surface area (Å²) >= 11 is 17.3. The van der Waals surface area contributed by atoms with Crippen LogP contribution < -0.4 is 0 Å². The molecular weight excluding hydrogens is 304 g/mol. The van der Waals surface area contributed by atoms with Crippen LogP contribution in [0.25, 0.3) is 5.69 Å². The monoisotopic (exact) mass is 310 g/mol. The topological polar surface area (TPSA) is 17.8 Å². The Labute approximate surface area is 117 Å². The lowest BCUT2D eigenvalue weighted by molar-refractivity contribution is 0.142. The lowest BCUT2D eigenvalue weighted by Gasteiger charge is -2.10. The summed E-state index contributed by atoms with van der Waals surface area (Å²) in [6, 6.07) is 4.55. The van der Waals surface area contributed by atoms with Gasteiger partial charge in [0.15, 0.2) is 0 Å². The van der Waals surface area contributed by atoms with E-state index >= 15 is 0 Å². The van der Waals surface area contributed by atoms with Crippen molar-refractivity contribution < 1.29 is 8.78 Å². The van der Waals surface area contributed by atoms with Gasteiger partial charge in [0.25, 0.3) is 6.43 Å². The molecule has 0 amide bonds. The van der Waals surface area contributed by atoms with Crippen molar-refractivity contribution in [3.8, 4) is 5.69 Å². The summed E-state index contributed by atoms with van der Waals surface area (Å²) < 4.78 is 27.1. The van der Waals surface area contributed by atoms with Gasteiger partial charge in [-0.15, -0.1) is 11.6 Å². The molecule has 2 nitrogen and oxygen atoms in total. The Morgan fingerprint density at radius 1 is 1.28 bits per heavy atom. The van der Waals surface area contributed by atoms with E-state index in [-0.39, 0.29) is 22.2 Å². The fourth-order valence-corrected chi connectivity index (χ4v) is 2.27. The molecule has 0 saturated carbocycles. The van der Waals surface area contributed by atoms with Gasteiger partial charge in [-0.05, 0) is 18.2 Å². The standard InChI is InChI=1S/C11H7Cl3F2N2/c12-4-6-5-17-18(10(6)11(15)16)9-2-1-7(13)3-8(9)14/h1-3,5,11H,4H2. The molecule has 2 aromatic rings. The summed E-state index contributed by atoms with van der Waals surface area (Å²) in [6.45, 7) is 0. The molecule has 0 atom stereocenters. The van der Waals surface area contributed by atoms with Crippen LogP contribution in [-0.4, -0.2) is 9.78 Å². The number of alkyl halides is 3. The molecule has 0 radical (unpaired) electrons. The zero-order chi connectivity index (χ0) is 13.3. The molecule has 1 aromatic carbocycles. The fourth-order valence-electron chi connectivity index (χ4n) is 1.57. The van der Waals surface area contributed by atoms with Crippen LogP contribution in [0.2, 0.25) is 10.0 Å². The van der Waals surface area contributed by atoms with Crippen molar-refractivity contribution in [2.24, 2.45) is 0 Å². The second-order valence-electron chi connectivity index (χ2n) is 3.50. The van der Waals surface area contributed by atoms with Gasteiger partial charge in [0.05, 0.1) is 22.8 Å². The molecule has 0 aliphatic rings. The van der Waals surface area contributed by atoms with Crippen LogP contribution in [0.1, 0.15) is 17.7 Å². The van der Waals surface area contributed by atoms with Crippen LogP contribution in [0.3, 0.4) is 0 Å². The molecule has 0 unspecified atom stereocenters. The third kappa shape index (κ3) is 2.46. The second-order valence-corrected chi connectivity index (χ2v) is 4.61. The summed E-state index contributed by atoms with van der Waals surface area (Å²) in [6.07, 6.45) is -1.38. The minimum Gasteiger partial charge on any atom is -0.230 e. The quantitative estimate of drug-likeness (QED) is 0.741. The van der Waals surface area contributed by atoms with Crippen LogP contribution in [0.4, 0.5) is 8.78 Å². The lowest BCUT2D eigenvalue weighted by Crippen LogP contribution is -2.04. The Balaban J connectivity index is 2.60. The van der Waals surface area contributed by atoms with Crippen LogP contribution in [-0.2, 0) is 5.88 Å². The van der Waals surface area contributed by atoms with Crippen LogP contribution in [0, 0.1) is 0 Å². The van der Waals surface area contributed by atoms with E-state index in [2.05, 4.69) is 5.10 Å². The minimum atomic E-state index is -2.69. The molecule has 0 N–H and O–H groups in total. The van der Waals surface area contributed by atoms with Crippen molar-refractivity contribution >= 4 is 34.8 Å². The molecule has 0 aliphatic heterocycles. The number of halogens is 5. The van der Waals surface area contributed by atoms with Gasteiger partial charge in [-0.2, -0.15) is 5.10 Å². The highest BCUT2D eigenvalue weighted by Crippen LogP contribution is 2.30. The number of nitrogens with zero attached hydrogens (tertiary/aromatic N) is 2. The van der Waals surface area contributed by atoms with Gasteiger partial charge in [0.2, 0.25) is 0 Å². The third-order valence-corrected chi connectivity index (χ3v) is 3.20. The van der Waals surface area contributed by atoms with Crippen LogP contribution in [0.5, 0.6) is 0 Å². The van der Waals surface area contributed by atoms with Crippen molar-refractivity contribution in [1.82, 2.24) is 9.78 Å². The Kier molecular flexibility index (Phi) is 4.10. The van der Waals surface area contributed by atoms with E-state index in [9.17, 15) is 8.78 Å². The van der Waals surface area contributed by atoms with E-state index in [1.807, 2.05) is 0 Å². The zero-order valence-electron chi connectivity index (χ0n) is 8.88. The summed E-state index contributed by atoms with van der Waals surface area (Å²) in [5.41, 5.74) is 0.361. The Hall–Kier alpha value is -0.840. The molecule has 96 valence electrons. The molecule has 0 aliphatic carbocycles. The summed E-state index contributed by atoms with van der Waals surface area (Å²) in [4.78, 5) is 0. The van der Waals surface area contributed by atoms with Crippen molar-refractivity contribution in [2.75, 3.05) is 0 Å². The van der Waals surface area contributed by atoms with Gasteiger partial charge in [0.1, 0.15) is 5.69 Å². The Bertz CT molecular complexity index is 569. The van der Waals surface area contributed by atoms with Crippen molar-refractivity contribution in [1.29, 1.82) is 0 Å². The first-order chi connectivity index (χ1) is 8.54. The van der Waals surface area contributed by atoms with Crippen LogP contribution >= 0.6 is 34.8 Å². The maximum Gasteiger partial charge on any atom is 0.280 e. The fraction of sp³-hybridized carbons (Fsp3) is 0.182. The first kappa shape index (κ1) is 13.6. The Morgan fingerprint density at radius 2 is 2.00 bits per heavy atom. The summed E-state index contributed by atoms with van der Waals surface area (Å²) in [5, 5.41) is 4.56. The van der Waals surface area contributed by atoms with Crippen molar-refractivity contribution in [3.05, 3.63) is 45.7 Å². The smallest absolute Gasteiger partial charge is 0.230 e. The van der Waals surface area contributed by atoms with E-state index in [1.165, 1.54) is 18.3 Å². The van der Waals surface area contributed by atoms with Gasteiger partial charge in [0, 0.05) is 10.6 Å². The van der Waals surface area contributed by atoms with Crippen molar-refractivity contribution in [3.63, 3.8) is 0 Å². The van der Waals surface area contributed by atoms with E-state index in [1.54, 1.807) is 6.07 Å². The summed E-state index contributed by atoms with van der Waals surface area (Å²) in [5.74, 6) is -0.0368. The average Bonchev–Trinajstić information content (AvgIpc) is 2.72. The predicted octanol–water partition coefficient (Wildman–Crippen LogP) is 4.86. The normalized spacial score (nSPS) is 11.2. The highest BCUT2D eigenvalue weighted by molar-refractivity contribution is 6.35. The number of hydrogen-bond donors (Lipinski definition) is 0. The SMILES string of the molecule is FC(F)c1c(CCl)cnn1-c1ccc(Cl)cc1Cl. The molecule has 2 rings (SSSR count). The molecule has 1 aromatic heterocycles. The highest BCUT2D eigenvalue weighted by Gasteiger charge is 2.21. The van der Waals surface area contributed by atoms with Gasteiger partial charge < -0.3 is 0 Å². The third-order valence-electron chi connectivity index (χ3n) is 2.37. The number of aromatic nitrogens is 2. The van der Waals surface area contributed by atoms with Gasteiger partial charge in [-0.3, -0.25) is 0 Å². The molecule has 0 fully saturated rings. The maximum atomic E-state index is 13.0. The molecule has 0 saturated heterocycles. The van der Waals surface area contributed by atoms with E-state index in [4.69, 9.17) is 34.8 Å². The minimum absolute atomic E-state index is 0.0368. The molecule has 7 heteroatoms. The molecule has 0 spiro atoms. The average molecular weight is 312 g/mol. The molecule has 1 heterocycles. The van der Waals surface area contributed by atoms with E-state index < -0.39 is 6.43 Å². The predicted molar refractivity (Wildman–Crippen MR) is 68.1 cm³/mol. The number of rotatable bonds is 3. The molecule has 18 heavy (non-hydrogen) atoms. The largest absolute Gasteiger partial charge is 0.280 e. The zero-order valence-corrected chi connectivity index (χ0v) is 11.1. The van der Waals surface area contributed by atoms with Gasteiger partial charge >= 0.3 is 0 Å². The summed E-state index contributed by atoms with van der Waals surface area (Å²) in [7, 11) is 0. The highest BCUT2D eigenvalue weighted by atomic mass is 35.5. The van der Waals surface area contributed by atoms with Gasteiger partial charge in [-0.25, -0.2) is 13.5 Å². The van der Waals surface area contributed by atoms with Crippen LogP contribution in [0.15, 0.2) is 24.4 Å². The first-order valence-corrected chi connectivity index (χ1v) is 6.20. The van der Waals surface area contributed by atoms with E-state index in [0.717, 1.165) is 4.68 Å². The second kappa shape index (κ2) is 5.43. The first-order valence-electron chi connectivity index (χ1n) is 4.91. The number of hydrogen-bond acceptors (Lipinski definition) is 1. The van der Waals surface area contributed by atoms with Gasteiger partial charge in [-0.1, -0.05) is 23.2 Å². The maximum absolute atomic E-state index is 13.0. The lowest BCUT2D eigenvalue weighted by atomic mass is 10.2. The Morgan fingerprint density at radius 3 is 2.56 bits per heavy atom. The van der Waals surface area contributed by atoms with E-state index in [0.29, 0.717) is 10.7 Å². The van der Waals surface area contributed by atoms with Crippen molar-refractivity contribution in [2.45, 2.75) is 12.3 Å². The molecular formula is C11H7Cl3F2N2. The molecule has 0 bridgehead atoms. The number of benzene rings is 1.